The van der Waals surface area contributed by atoms with Gasteiger partial charge >= 0.3 is 0 Å². The number of hydrogen-bond acceptors (Lipinski definition) is 3. The van der Waals surface area contributed by atoms with E-state index in [0.29, 0.717) is 16.6 Å². The minimum Gasteiger partial charge on any atom is -0.352 e. The third-order valence-corrected chi connectivity index (χ3v) is 4.03. The van der Waals surface area contributed by atoms with E-state index < -0.39 is 0 Å². The van der Waals surface area contributed by atoms with Gasteiger partial charge in [0.2, 0.25) is 0 Å². The number of amides is 1. The predicted molar refractivity (Wildman–Crippen MR) is 81.2 cm³/mol. The first kappa shape index (κ1) is 15.3. The first-order valence-corrected chi connectivity index (χ1v) is 7.67. The van der Waals surface area contributed by atoms with Crippen molar-refractivity contribution >= 4 is 17.5 Å². The van der Waals surface area contributed by atoms with Crippen LogP contribution in [0, 0.1) is 5.92 Å². The molecular weight excluding hydrogens is 274 g/mol. The summed E-state index contributed by atoms with van der Waals surface area (Å²) in [6.45, 7) is 8.21. The van der Waals surface area contributed by atoms with Crippen LogP contribution in [-0.4, -0.2) is 42.0 Å². The Morgan fingerprint density at radius 1 is 1.50 bits per heavy atom. The molecule has 2 rings (SSSR count). The number of rotatable bonds is 5. The summed E-state index contributed by atoms with van der Waals surface area (Å²) >= 11 is 5.94. The van der Waals surface area contributed by atoms with E-state index in [-0.39, 0.29) is 5.91 Å². The number of carbonyl (C=O) groups is 1. The van der Waals surface area contributed by atoms with Crippen LogP contribution in [-0.2, 0) is 6.42 Å². The van der Waals surface area contributed by atoms with E-state index in [1.165, 1.54) is 0 Å². The molecule has 1 N–H and O–H groups in total. The van der Waals surface area contributed by atoms with E-state index in [4.69, 9.17) is 11.6 Å². The second-order valence-electron chi connectivity index (χ2n) is 5.28. The minimum atomic E-state index is -0.0565. The smallest absolute Gasteiger partial charge is 0.251 e. The highest BCUT2D eigenvalue weighted by Crippen LogP contribution is 2.15. The second kappa shape index (κ2) is 7.04. The fraction of sp³-hybridized carbons (Fsp3) is 0.600. The molecule has 0 saturated carbocycles. The molecule has 1 amide bonds. The number of nitrogens with zero attached hydrogens (tertiary/aromatic N) is 2. The number of aromatic nitrogens is 1. The fourth-order valence-corrected chi connectivity index (χ4v) is 2.80. The van der Waals surface area contributed by atoms with Gasteiger partial charge in [0.25, 0.3) is 5.91 Å². The molecule has 0 spiro atoms. The summed E-state index contributed by atoms with van der Waals surface area (Å²) in [5.41, 5.74) is 1.45. The molecule has 0 aliphatic carbocycles. The van der Waals surface area contributed by atoms with Crippen LogP contribution in [0.1, 0.15) is 36.3 Å². The Hall–Kier alpha value is -1.13. The van der Waals surface area contributed by atoms with E-state index in [1.807, 2.05) is 13.0 Å². The van der Waals surface area contributed by atoms with Crippen LogP contribution in [0.5, 0.6) is 0 Å². The lowest BCUT2D eigenvalue weighted by Gasteiger charge is -2.14. The molecule has 1 unspecified atom stereocenters. The van der Waals surface area contributed by atoms with Gasteiger partial charge in [0, 0.05) is 24.3 Å². The summed E-state index contributed by atoms with van der Waals surface area (Å²) in [6, 6.07) is 3.44. The first-order chi connectivity index (χ1) is 9.62. The zero-order valence-electron chi connectivity index (χ0n) is 12.2. The predicted octanol–water partition coefficient (Wildman–Crippen LogP) is 2.37. The Morgan fingerprint density at radius 2 is 2.30 bits per heavy atom. The second-order valence-corrected chi connectivity index (χ2v) is 5.67. The SMILES string of the molecule is CCc1cc(C(=O)NCC2CCN(CC)C2)cc(Cl)n1. The number of pyridine rings is 1. The van der Waals surface area contributed by atoms with Crippen LogP contribution in [0.4, 0.5) is 0 Å². The van der Waals surface area contributed by atoms with Gasteiger partial charge in [0.1, 0.15) is 5.15 Å². The highest BCUT2D eigenvalue weighted by Gasteiger charge is 2.21. The lowest BCUT2D eigenvalue weighted by atomic mass is 10.1. The van der Waals surface area contributed by atoms with Gasteiger partial charge in [-0.1, -0.05) is 25.4 Å². The van der Waals surface area contributed by atoms with Crippen LogP contribution in [0.3, 0.4) is 0 Å². The molecule has 20 heavy (non-hydrogen) atoms. The maximum atomic E-state index is 12.2. The molecule has 1 atom stereocenters. The highest BCUT2D eigenvalue weighted by molar-refractivity contribution is 6.29. The largest absolute Gasteiger partial charge is 0.352 e. The quantitative estimate of drug-likeness (QED) is 0.848. The van der Waals surface area contributed by atoms with Crippen LogP contribution < -0.4 is 5.32 Å². The van der Waals surface area contributed by atoms with Gasteiger partial charge < -0.3 is 10.2 Å². The summed E-state index contributed by atoms with van der Waals surface area (Å²) in [5.74, 6) is 0.501. The highest BCUT2D eigenvalue weighted by atomic mass is 35.5. The maximum absolute atomic E-state index is 12.2. The minimum absolute atomic E-state index is 0.0565. The van der Waals surface area contributed by atoms with Crippen molar-refractivity contribution in [3.8, 4) is 0 Å². The molecule has 1 fully saturated rings. The molecule has 110 valence electrons. The van der Waals surface area contributed by atoms with Crippen molar-refractivity contribution in [3.63, 3.8) is 0 Å². The van der Waals surface area contributed by atoms with Gasteiger partial charge in [-0.2, -0.15) is 0 Å². The van der Waals surface area contributed by atoms with Crippen LogP contribution in [0.25, 0.3) is 0 Å². The monoisotopic (exact) mass is 295 g/mol. The normalized spacial score (nSPS) is 19.2. The Balaban J connectivity index is 1.90. The first-order valence-electron chi connectivity index (χ1n) is 7.29. The summed E-state index contributed by atoms with van der Waals surface area (Å²) in [4.78, 5) is 18.7. The molecule has 0 radical (unpaired) electrons. The molecule has 0 bridgehead atoms. The third-order valence-electron chi connectivity index (χ3n) is 3.84. The Labute approximate surface area is 125 Å². The van der Waals surface area contributed by atoms with E-state index in [9.17, 15) is 4.79 Å². The van der Waals surface area contributed by atoms with Crippen molar-refractivity contribution < 1.29 is 4.79 Å². The average molecular weight is 296 g/mol. The molecule has 2 heterocycles. The van der Waals surface area contributed by atoms with Crippen LogP contribution in [0.2, 0.25) is 5.15 Å². The summed E-state index contributed by atoms with van der Waals surface area (Å²) in [5, 5.41) is 3.39. The van der Waals surface area contributed by atoms with Crippen molar-refractivity contribution in [2.24, 2.45) is 5.92 Å². The van der Waals surface area contributed by atoms with E-state index in [1.54, 1.807) is 6.07 Å². The molecule has 1 aliphatic rings. The Kier molecular flexibility index (Phi) is 5.38. The zero-order chi connectivity index (χ0) is 14.5. The molecular formula is C15H22ClN3O. The van der Waals surface area contributed by atoms with Crippen molar-refractivity contribution in [3.05, 3.63) is 28.5 Å². The molecule has 5 heteroatoms. The van der Waals surface area contributed by atoms with Crippen LogP contribution in [0.15, 0.2) is 12.1 Å². The van der Waals surface area contributed by atoms with Gasteiger partial charge in [-0.05, 0) is 44.0 Å². The number of halogens is 1. The van der Waals surface area contributed by atoms with Gasteiger partial charge in [0.05, 0.1) is 0 Å². The van der Waals surface area contributed by atoms with Gasteiger partial charge in [-0.3, -0.25) is 4.79 Å². The topological polar surface area (TPSA) is 45.2 Å². The van der Waals surface area contributed by atoms with Gasteiger partial charge in [0.15, 0.2) is 0 Å². The third kappa shape index (κ3) is 3.93. The lowest BCUT2D eigenvalue weighted by Crippen LogP contribution is -2.31. The van der Waals surface area contributed by atoms with E-state index in [2.05, 4.69) is 22.1 Å². The molecule has 1 aromatic heterocycles. The number of aryl methyl sites for hydroxylation is 1. The molecule has 0 aromatic carbocycles. The molecule has 1 aromatic rings. The van der Waals surface area contributed by atoms with E-state index >= 15 is 0 Å². The molecule has 1 saturated heterocycles. The number of hydrogen-bond donors (Lipinski definition) is 1. The number of nitrogens with one attached hydrogen (secondary N) is 1. The summed E-state index contributed by atoms with van der Waals surface area (Å²) < 4.78 is 0. The lowest BCUT2D eigenvalue weighted by molar-refractivity contribution is 0.0947. The van der Waals surface area contributed by atoms with Crippen molar-refractivity contribution in [1.82, 2.24) is 15.2 Å². The average Bonchev–Trinajstić information content (AvgIpc) is 2.92. The molecule has 1 aliphatic heterocycles. The van der Waals surface area contributed by atoms with Crippen molar-refractivity contribution in [2.75, 3.05) is 26.2 Å². The maximum Gasteiger partial charge on any atom is 0.251 e. The van der Waals surface area contributed by atoms with Gasteiger partial charge in [-0.25, -0.2) is 4.98 Å². The fourth-order valence-electron chi connectivity index (χ4n) is 2.57. The Morgan fingerprint density at radius 3 is 2.95 bits per heavy atom. The Bertz CT molecular complexity index is 478. The van der Waals surface area contributed by atoms with Gasteiger partial charge in [-0.15, -0.1) is 0 Å². The summed E-state index contributed by atoms with van der Waals surface area (Å²) in [7, 11) is 0. The number of likely N-dealkylation sites (tertiary alicyclic amines) is 1. The van der Waals surface area contributed by atoms with Crippen molar-refractivity contribution in [1.29, 1.82) is 0 Å². The zero-order valence-corrected chi connectivity index (χ0v) is 12.9. The van der Waals surface area contributed by atoms with Crippen molar-refractivity contribution in [2.45, 2.75) is 26.7 Å². The standard InChI is InChI=1S/C15H22ClN3O/c1-3-13-7-12(8-14(16)18-13)15(20)17-9-11-5-6-19(4-2)10-11/h7-8,11H,3-6,9-10H2,1-2H3,(H,17,20). The van der Waals surface area contributed by atoms with Crippen LogP contribution >= 0.6 is 11.6 Å². The summed E-state index contributed by atoms with van der Waals surface area (Å²) in [6.07, 6.45) is 1.93. The number of carbonyl (C=O) groups excluding carboxylic acids is 1. The van der Waals surface area contributed by atoms with E-state index in [0.717, 1.165) is 44.7 Å². The molecule has 4 nitrogen and oxygen atoms in total.